The zero-order chi connectivity index (χ0) is 13.2. The highest BCUT2D eigenvalue weighted by atomic mass is 32.2. The molecule has 1 amide bonds. The van der Waals surface area contributed by atoms with E-state index in [1.54, 1.807) is 18.0 Å². The molecule has 0 bridgehead atoms. The summed E-state index contributed by atoms with van der Waals surface area (Å²) in [6.45, 7) is 4.77. The third kappa shape index (κ3) is 5.56. The van der Waals surface area contributed by atoms with Gasteiger partial charge >= 0.3 is 0 Å². The molecule has 1 rings (SSSR count). The number of nitrogens with zero attached hydrogens (tertiary/aromatic N) is 1. The number of thioether (sulfide) groups is 1. The number of carbonyl (C=O) groups is 1. The van der Waals surface area contributed by atoms with Crippen LogP contribution in [-0.4, -0.2) is 23.2 Å². The average Bonchev–Trinajstić information content (AvgIpc) is 2.82. The van der Waals surface area contributed by atoms with Gasteiger partial charge in [-0.15, -0.1) is 23.2 Å². The monoisotopic (exact) mass is 282 g/mol. The predicted octanol–water partition coefficient (Wildman–Crippen LogP) is 3.18. The molecule has 0 spiro atoms. The number of nitrogens with one attached hydrogen (secondary N) is 1. The number of unbranched alkanes of at least 4 members (excludes halogenated alkanes) is 1. The minimum absolute atomic E-state index is 0.0484. The van der Waals surface area contributed by atoms with Gasteiger partial charge in [-0.25, -0.2) is 4.98 Å². The van der Waals surface area contributed by atoms with Crippen molar-refractivity contribution in [2.45, 2.75) is 37.4 Å². The largest absolute Gasteiger partial charge is 0.350 e. The van der Waals surface area contributed by atoms with Crippen molar-refractivity contribution >= 4 is 29.0 Å². The van der Waals surface area contributed by atoms with Gasteiger partial charge in [-0.3, -0.25) is 4.79 Å². The first-order valence-electron chi connectivity index (χ1n) is 6.10. The van der Waals surface area contributed by atoms with Crippen LogP contribution in [0, 0.1) is 11.8 Å². The number of hydrogen-bond donors (Lipinski definition) is 1. The van der Waals surface area contributed by atoms with E-state index >= 15 is 0 Å². The summed E-state index contributed by atoms with van der Waals surface area (Å²) in [7, 11) is 0. The lowest BCUT2D eigenvalue weighted by molar-refractivity contribution is 0.0958. The van der Waals surface area contributed by atoms with E-state index in [4.69, 9.17) is 0 Å². The first-order chi connectivity index (χ1) is 8.77. The second kappa shape index (κ2) is 9.01. The van der Waals surface area contributed by atoms with Crippen molar-refractivity contribution in [3.8, 4) is 11.8 Å². The lowest BCUT2D eigenvalue weighted by Gasteiger charge is -1.98. The minimum atomic E-state index is -0.0484. The highest BCUT2D eigenvalue weighted by Crippen LogP contribution is 2.23. The van der Waals surface area contributed by atoms with Gasteiger partial charge in [-0.1, -0.05) is 25.6 Å². The van der Waals surface area contributed by atoms with Crippen LogP contribution in [0.15, 0.2) is 10.5 Å². The summed E-state index contributed by atoms with van der Waals surface area (Å²) < 4.78 is 0.949. The maximum absolute atomic E-state index is 11.8. The smallest absolute Gasteiger partial charge is 0.263 e. The van der Waals surface area contributed by atoms with Gasteiger partial charge in [0.1, 0.15) is 4.88 Å². The Kier molecular flexibility index (Phi) is 7.54. The molecule has 0 fully saturated rings. The van der Waals surface area contributed by atoms with Crippen molar-refractivity contribution in [1.29, 1.82) is 0 Å². The van der Waals surface area contributed by atoms with E-state index in [0.29, 0.717) is 17.8 Å². The fourth-order valence-electron chi connectivity index (χ4n) is 1.18. The molecule has 0 aromatic carbocycles. The molecule has 0 aliphatic carbocycles. The quantitative estimate of drug-likeness (QED) is 0.495. The molecule has 18 heavy (non-hydrogen) atoms. The zero-order valence-corrected chi connectivity index (χ0v) is 12.4. The fraction of sp³-hybridized carbons (Fsp3) is 0.538. The number of amides is 1. The van der Waals surface area contributed by atoms with Gasteiger partial charge < -0.3 is 5.32 Å². The lowest BCUT2D eigenvalue weighted by atomic mass is 10.3. The maximum Gasteiger partial charge on any atom is 0.263 e. The zero-order valence-electron chi connectivity index (χ0n) is 10.8. The molecular weight excluding hydrogens is 264 g/mol. The third-order valence-electron chi connectivity index (χ3n) is 2.01. The number of carbonyl (C=O) groups excluding carboxylic acids is 1. The second-order valence-electron chi connectivity index (χ2n) is 3.53. The van der Waals surface area contributed by atoms with Gasteiger partial charge in [-0.05, 0) is 12.2 Å². The molecule has 0 saturated heterocycles. The first kappa shape index (κ1) is 15.1. The van der Waals surface area contributed by atoms with Gasteiger partial charge in [0, 0.05) is 19.4 Å². The normalized spacial score (nSPS) is 9.67. The Morgan fingerprint density at radius 3 is 2.94 bits per heavy atom. The summed E-state index contributed by atoms with van der Waals surface area (Å²) in [5.74, 6) is 7.02. The van der Waals surface area contributed by atoms with Crippen molar-refractivity contribution in [1.82, 2.24) is 10.3 Å². The standard InChI is InChI=1S/C13H18N2OS2/c1-3-5-6-7-8-9-14-12(16)11-10-15-13(18-11)17-4-2/h10H,3-5,8-9H2,1-2H3,(H,14,16). The molecule has 0 aliphatic rings. The molecule has 0 aliphatic heterocycles. The van der Waals surface area contributed by atoms with E-state index in [1.807, 2.05) is 0 Å². The number of thiazole rings is 1. The highest BCUT2D eigenvalue weighted by Gasteiger charge is 2.09. The molecule has 3 nitrogen and oxygen atoms in total. The summed E-state index contributed by atoms with van der Waals surface area (Å²) in [5, 5.41) is 2.85. The Hall–Kier alpha value is -0.990. The number of hydrogen-bond acceptors (Lipinski definition) is 4. The van der Waals surface area contributed by atoms with E-state index in [1.165, 1.54) is 11.3 Å². The Labute approximate surface area is 117 Å². The molecule has 0 unspecified atom stereocenters. The lowest BCUT2D eigenvalue weighted by Crippen LogP contribution is -2.23. The van der Waals surface area contributed by atoms with E-state index in [-0.39, 0.29) is 5.91 Å². The summed E-state index contributed by atoms with van der Waals surface area (Å²) in [6, 6.07) is 0. The predicted molar refractivity (Wildman–Crippen MR) is 78.1 cm³/mol. The Balaban J connectivity index is 2.30. The maximum atomic E-state index is 11.8. The summed E-state index contributed by atoms with van der Waals surface area (Å²) in [6.07, 6.45) is 4.36. The molecule has 1 heterocycles. The van der Waals surface area contributed by atoms with Crippen LogP contribution in [0.5, 0.6) is 0 Å². The summed E-state index contributed by atoms with van der Waals surface area (Å²) in [5.41, 5.74) is 0. The fourth-order valence-corrected chi connectivity index (χ4v) is 2.98. The molecule has 98 valence electrons. The van der Waals surface area contributed by atoms with Crippen LogP contribution in [-0.2, 0) is 0 Å². The topological polar surface area (TPSA) is 42.0 Å². The van der Waals surface area contributed by atoms with Crippen LogP contribution in [0.3, 0.4) is 0 Å². The van der Waals surface area contributed by atoms with Gasteiger partial charge in [0.2, 0.25) is 0 Å². The van der Waals surface area contributed by atoms with Crippen LogP contribution in [0.1, 0.15) is 42.8 Å². The molecule has 1 aromatic rings. The van der Waals surface area contributed by atoms with E-state index in [9.17, 15) is 4.79 Å². The molecular formula is C13H18N2OS2. The Bertz CT molecular complexity index is 432. The van der Waals surface area contributed by atoms with Crippen molar-refractivity contribution in [3.05, 3.63) is 11.1 Å². The molecule has 1 N–H and O–H groups in total. The van der Waals surface area contributed by atoms with Gasteiger partial charge in [0.15, 0.2) is 4.34 Å². The van der Waals surface area contributed by atoms with Gasteiger partial charge in [-0.2, -0.15) is 0 Å². The highest BCUT2D eigenvalue weighted by molar-refractivity contribution is 8.01. The first-order valence-corrected chi connectivity index (χ1v) is 7.90. The molecule has 5 heteroatoms. The third-order valence-corrected chi connectivity index (χ3v) is 4.05. The van der Waals surface area contributed by atoms with Crippen molar-refractivity contribution in [2.75, 3.05) is 12.3 Å². The Morgan fingerprint density at radius 2 is 2.22 bits per heavy atom. The minimum Gasteiger partial charge on any atom is -0.350 e. The summed E-state index contributed by atoms with van der Waals surface area (Å²) in [4.78, 5) is 16.6. The number of aromatic nitrogens is 1. The second-order valence-corrected chi connectivity index (χ2v) is 6.07. The van der Waals surface area contributed by atoms with Crippen LogP contribution in [0.2, 0.25) is 0 Å². The van der Waals surface area contributed by atoms with E-state index < -0.39 is 0 Å². The Morgan fingerprint density at radius 1 is 1.44 bits per heavy atom. The number of rotatable bonds is 6. The van der Waals surface area contributed by atoms with Crippen LogP contribution in [0.4, 0.5) is 0 Å². The van der Waals surface area contributed by atoms with Gasteiger partial charge in [0.05, 0.1) is 6.20 Å². The molecule has 0 radical (unpaired) electrons. The van der Waals surface area contributed by atoms with Crippen LogP contribution >= 0.6 is 23.1 Å². The van der Waals surface area contributed by atoms with Crippen LogP contribution < -0.4 is 5.32 Å². The van der Waals surface area contributed by atoms with Crippen LogP contribution in [0.25, 0.3) is 0 Å². The van der Waals surface area contributed by atoms with E-state index in [0.717, 1.165) is 22.9 Å². The summed E-state index contributed by atoms with van der Waals surface area (Å²) >= 11 is 3.10. The van der Waals surface area contributed by atoms with Crippen molar-refractivity contribution in [3.63, 3.8) is 0 Å². The molecule has 1 aromatic heterocycles. The SMILES string of the molecule is CCCC#CCCNC(=O)c1cnc(SCC)s1. The molecule has 0 saturated carbocycles. The van der Waals surface area contributed by atoms with E-state index in [2.05, 4.69) is 36.0 Å². The average molecular weight is 282 g/mol. The van der Waals surface area contributed by atoms with Crippen molar-refractivity contribution < 1.29 is 4.79 Å². The molecule has 0 atom stereocenters. The van der Waals surface area contributed by atoms with Gasteiger partial charge in [0.25, 0.3) is 5.91 Å². The van der Waals surface area contributed by atoms with Crippen molar-refractivity contribution in [2.24, 2.45) is 0 Å².